The van der Waals surface area contributed by atoms with Crippen molar-refractivity contribution in [2.24, 2.45) is 29.6 Å². The molecule has 3 fully saturated rings. The van der Waals surface area contributed by atoms with Crippen LogP contribution in [-0.4, -0.2) is 11.1 Å². The molecule has 4 unspecified atom stereocenters. The van der Waals surface area contributed by atoms with Gasteiger partial charge < -0.3 is 5.11 Å². The molecule has 0 aromatic rings. The average molecular weight is 208 g/mol. The summed E-state index contributed by atoms with van der Waals surface area (Å²) in [6.07, 6.45) is 8.81. The van der Waals surface area contributed by atoms with Gasteiger partial charge in [-0.25, -0.2) is 0 Å². The van der Waals surface area contributed by atoms with Crippen LogP contribution in [0.1, 0.15) is 44.9 Å². The third-order valence-corrected chi connectivity index (χ3v) is 5.04. The van der Waals surface area contributed by atoms with Crippen LogP contribution in [0.2, 0.25) is 0 Å². The number of aliphatic carboxylic acids is 1. The van der Waals surface area contributed by atoms with E-state index in [4.69, 9.17) is 0 Å². The summed E-state index contributed by atoms with van der Waals surface area (Å²) in [4.78, 5) is 11.3. The molecule has 0 aromatic carbocycles. The van der Waals surface area contributed by atoms with Gasteiger partial charge >= 0.3 is 5.97 Å². The fourth-order valence-electron chi connectivity index (χ4n) is 4.09. The predicted molar refractivity (Wildman–Crippen MR) is 57.4 cm³/mol. The van der Waals surface area contributed by atoms with Gasteiger partial charge in [-0.1, -0.05) is 25.7 Å². The number of carboxylic acids is 1. The first kappa shape index (κ1) is 9.68. The Morgan fingerprint density at radius 3 is 2.27 bits per heavy atom. The molecule has 3 saturated carbocycles. The normalized spacial score (nSPS) is 45.1. The first-order valence-corrected chi connectivity index (χ1v) is 6.48. The van der Waals surface area contributed by atoms with Gasteiger partial charge in [0.25, 0.3) is 0 Å². The zero-order valence-electron chi connectivity index (χ0n) is 9.19. The first-order chi connectivity index (χ1) is 7.25. The molecule has 2 heteroatoms. The van der Waals surface area contributed by atoms with Gasteiger partial charge in [0.1, 0.15) is 0 Å². The smallest absolute Gasteiger partial charge is 0.306 e. The number of hydrogen-bond donors (Lipinski definition) is 1. The molecule has 3 rings (SSSR count). The van der Waals surface area contributed by atoms with Gasteiger partial charge in [0, 0.05) is 0 Å². The Hall–Kier alpha value is -0.530. The first-order valence-electron chi connectivity index (χ1n) is 6.48. The van der Waals surface area contributed by atoms with Crippen LogP contribution >= 0.6 is 0 Å². The molecule has 84 valence electrons. The van der Waals surface area contributed by atoms with Crippen LogP contribution in [0.25, 0.3) is 0 Å². The Bertz CT molecular complexity index is 268. The number of carboxylic acid groups (broad SMARTS) is 1. The van der Waals surface area contributed by atoms with E-state index in [9.17, 15) is 9.90 Å². The topological polar surface area (TPSA) is 37.3 Å². The highest BCUT2D eigenvalue weighted by Crippen LogP contribution is 2.56. The van der Waals surface area contributed by atoms with Gasteiger partial charge in [0.05, 0.1) is 5.92 Å². The van der Waals surface area contributed by atoms with Crippen LogP contribution in [-0.2, 0) is 4.79 Å². The molecule has 3 aliphatic carbocycles. The molecule has 0 heterocycles. The number of carbonyl (C=O) groups is 1. The lowest BCUT2D eigenvalue weighted by molar-refractivity contribution is -0.146. The van der Waals surface area contributed by atoms with Crippen molar-refractivity contribution >= 4 is 5.97 Å². The van der Waals surface area contributed by atoms with Gasteiger partial charge in [-0.15, -0.1) is 0 Å². The van der Waals surface area contributed by atoms with Crippen molar-refractivity contribution in [1.29, 1.82) is 0 Å². The van der Waals surface area contributed by atoms with Gasteiger partial charge in [-0.05, 0) is 42.9 Å². The third-order valence-electron chi connectivity index (χ3n) is 5.04. The Kier molecular flexibility index (Phi) is 2.26. The van der Waals surface area contributed by atoms with Crippen molar-refractivity contribution < 1.29 is 9.90 Å². The van der Waals surface area contributed by atoms with E-state index >= 15 is 0 Å². The molecular weight excluding hydrogens is 188 g/mol. The zero-order valence-corrected chi connectivity index (χ0v) is 9.19. The van der Waals surface area contributed by atoms with Gasteiger partial charge in [-0.2, -0.15) is 0 Å². The molecule has 15 heavy (non-hydrogen) atoms. The SMILES string of the molecule is O=C(O)C1CC2CC2CC1C1CCCC1. The molecule has 0 saturated heterocycles. The largest absolute Gasteiger partial charge is 0.481 e. The molecule has 0 aliphatic heterocycles. The standard InChI is InChI=1S/C13H20O2/c14-13(15)12-7-10-5-9(10)6-11(12)8-3-1-2-4-8/h8-12H,1-7H2,(H,14,15). The second-order valence-electron chi connectivity index (χ2n) is 5.88. The van der Waals surface area contributed by atoms with E-state index in [2.05, 4.69) is 0 Å². The van der Waals surface area contributed by atoms with Crippen LogP contribution in [0.3, 0.4) is 0 Å². The van der Waals surface area contributed by atoms with Crippen molar-refractivity contribution in [1.82, 2.24) is 0 Å². The fraction of sp³-hybridized carbons (Fsp3) is 0.923. The van der Waals surface area contributed by atoms with E-state index in [1.54, 1.807) is 0 Å². The summed E-state index contributed by atoms with van der Waals surface area (Å²) in [6.45, 7) is 0. The highest BCUT2D eigenvalue weighted by Gasteiger charge is 2.50. The summed E-state index contributed by atoms with van der Waals surface area (Å²) >= 11 is 0. The maximum Gasteiger partial charge on any atom is 0.306 e. The molecular formula is C13H20O2. The zero-order chi connectivity index (χ0) is 10.4. The highest BCUT2D eigenvalue weighted by molar-refractivity contribution is 5.70. The van der Waals surface area contributed by atoms with E-state index in [0.29, 0.717) is 5.92 Å². The quantitative estimate of drug-likeness (QED) is 0.757. The minimum absolute atomic E-state index is 0.00292. The Morgan fingerprint density at radius 1 is 0.933 bits per heavy atom. The number of hydrogen-bond acceptors (Lipinski definition) is 1. The monoisotopic (exact) mass is 208 g/mol. The Morgan fingerprint density at radius 2 is 1.60 bits per heavy atom. The lowest BCUT2D eigenvalue weighted by Crippen LogP contribution is -2.32. The fourth-order valence-corrected chi connectivity index (χ4v) is 4.09. The van der Waals surface area contributed by atoms with Crippen LogP contribution in [0, 0.1) is 29.6 Å². The van der Waals surface area contributed by atoms with Crippen LogP contribution in [0.5, 0.6) is 0 Å². The summed E-state index contributed by atoms with van der Waals surface area (Å²) in [5.74, 6) is 2.44. The minimum atomic E-state index is -0.516. The summed E-state index contributed by atoms with van der Waals surface area (Å²) < 4.78 is 0. The molecule has 0 amide bonds. The minimum Gasteiger partial charge on any atom is -0.481 e. The van der Waals surface area contributed by atoms with Crippen LogP contribution in [0.15, 0.2) is 0 Å². The Labute approximate surface area is 91.1 Å². The second kappa shape index (κ2) is 3.50. The molecule has 0 spiro atoms. The van der Waals surface area contributed by atoms with E-state index in [1.807, 2.05) is 0 Å². The van der Waals surface area contributed by atoms with Crippen molar-refractivity contribution in [2.75, 3.05) is 0 Å². The van der Waals surface area contributed by atoms with Crippen LogP contribution < -0.4 is 0 Å². The van der Waals surface area contributed by atoms with Crippen molar-refractivity contribution in [3.63, 3.8) is 0 Å². The lowest BCUT2D eigenvalue weighted by Gasteiger charge is -2.32. The van der Waals surface area contributed by atoms with E-state index < -0.39 is 5.97 Å². The van der Waals surface area contributed by atoms with E-state index in [-0.39, 0.29) is 5.92 Å². The van der Waals surface area contributed by atoms with Crippen molar-refractivity contribution in [3.05, 3.63) is 0 Å². The summed E-state index contributed by atoms with van der Waals surface area (Å²) in [5, 5.41) is 9.31. The van der Waals surface area contributed by atoms with Crippen molar-refractivity contribution in [2.45, 2.75) is 44.9 Å². The molecule has 0 radical (unpaired) electrons. The maximum atomic E-state index is 11.3. The summed E-state index contributed by atoms with van der Waals surface area (Å²) in [5.41, 5.74) is 0. The lowest BCUT2D eigenvalue weighted by atomic mass is 9.72. The molecule has 4 atom stereocenters. The molecule has 2 nitrogen and oxygen atoms in total. The van der Waals surface area contributed by atoms with Gasteiger partial charge in [0.15, 0.2) is 0 Å². The molecule has 3 aliphatic rings. The second-order valence-corrected chi connectivity index (χ2v) is 5.88. The number of rotatable bonds is 2. The Balaban J connectivity index is 1.74. The number of fused-ring (bicyclic) bond motifs is 1. The van der Waals surface area contributed by atoms with Gasteiger partial charge in [-0.3, -0.25) is 4.79 Å². The highest BCUT2D eigenvalue weighted by atomic mass is 16.4. The summed E-state index contributed by atoms with van der Waals surface area (Å²) in [6, 6.07) is 0. The molecule has 0 bridgehead atoms. The molecule has 1 N–H and O–H groups in total. The van der Waals surface area contributed by atoms with Gasteiger partial charge in [0.2, 0.25) is 0 Å². The summed E-state index contributed by atoms with van der Waals surface area (Å²) in [7, 11) is 0. The van der Waals surface area contributed by atoms with Crippen molar-refractivity contribution in [3.8, 4) is 0 Å². The average Bonchev–Trinajstić information content (AvgIpc) is 2.76. The van der Waals surface area contributed by atoms with E-state index in [0.717, 1.165) is 24.2 Å². The molecule has 0 aromatic heterocycles. The third kappa shape index (κ3) is 1.68. The van der Waals surface area contributed by atoms with Crippen LogP contribution in [0.4, 0.5) is 0 Å². The predicted octanol–water partition coefficient (Wildman–Crippen LogP) is 2.92. The van der Waals surface area contributed by atoms with E-state index in [1.165, 1.54) is 38.5 Å². The maximum absolute atomic E-state index is 11.3.